The highest BCUT2D eigenvalue weighted by Crippen LogP contribution is 2.41. The molecule has 8 rings (SSSR count). The number of nitrogens with zero attached hydrogens (tertiary/aromatic N) is 2. The van der Waals surface area contributed by atoms with Crippen molar-refractivity contribution in [2.24, 2.45) is 0 Å². The summed E-state index contributed by atoms with van der Waals surface area (Å²) in [7, 11) is 3.13. The molecule has 14 nitrogen and oxygen atoms in total. The van der Waals surface area contributed by atoms with Crippen LogP contribution >= 0.6 is 0 Å². The van der Waals surface area contributed by atoms with Crippen molar-refractivity contribution in [2.45, 2.75) is 102 Å². The Morgan fingerprint density at radius 3 is 1.52 bits per heavy atom. The summed E-state index contributed by atoms with van der Waals surface area (Å²) < 4.78 is 23.9. The molecule has 324 valence electrons. The second-order valence-corrected chi connectivity index (χ2v) is 16.3. The molecule has 0 bridgehead atoms. The van der Waals surface area contributed by atoms with E-state index in [4.69, 9.17) is 23.8 Å². The van der Waals surface area contributed by atoms with Crippen molar-refractivity contribution in [2.75, 3.05) is 20.8 Å². The van der Waals surface area contributed by atoms with Crippen LogP contribution in [-0.4, -0.2) is 72.4 Å². The normalized spacial score (nSPS) is 17.0. The van der Waals surface area contributed by atoms with E-state index in [1.165, 1.54) is 0 Å². The zero-order chi connectivity index (χ0) is 43.2. The fourth-order valence-electron chi connectivity index (χ4n) is 9.02. The Kier molecular flexibility index (Phi) is 12.9. The van der Waals surface area contributed by atoms with Crippen LogP contribution in [0.15, 0.2) is 84.9 Å². The van der Waals surface area contributed by atoms with Crippen molar-refractivity contribution in [1.82, 2.24) is 20.6 Å². The molecule has 2 N–H and O–H groups in total. The second kappa shape index (κ2) is 19.0. The predicted octanol–water partition coefficient (Wildman–Crippen LogP) is 6.91. The summed E-state index contributed by atoms with van der Waals surface area (Å²) in [6, 6.07) is 24.0. The number of rotatable bonds is 16. The summed E-state index contributed by atoms with van der Waals surface area (Å²) in [6.07, 6.45) is 7.72. The number of hydrogen-bond acceptors (Lipinski definition) is 10. The molecule has 2 atom stereocenters. The molecular weight excluding hydrogens is 793 g/mol. The number of carbonyl (C=O) groups is 5. The molecule has 2 aliphatic carbocycles. The molecule has 0 aromatic heterocycles. The molecule has 62 heavy (non-hydrogen) atoms. The van der Waals surface area contributed by atoms with Gasteiger partial charge in [0, 0.05) is 24.2 Å². The summed E-state index contributed by atoms with van der Waals surface area (Å²) in [6.45, 7) is 0.0286. The Labute approximate surface area is 360 Å². The zero-order valence-electron chi connectivity index (χ0n) is 35.1. The number of carbonyl (C=O) groups excluding carboxylic acids is 5. The molecule has 2 unspecified atom stereocenters. The Morgan fingerprint density at radius 1 is 0.613 bits per heavy atom. The van der Waals surface area contributed by atoms with Crippen LogP contribution in [0.2, 0.25) is 0 Å². The minimum Gasteiger partial charge on any atom is -0.493 e. The number of benzene rings is 4. The molecule has 2 fully saturated rings. The number of ether oxygens (including phenoxy) is 4. The Bertz CT molecular complexity index is 2160. The highest BCUT2D eigenvalue weighted by atomic mass is 16.7. The number of fused-ring (bicyclic) bond motifs is 2. The lowest BCUT2D eigenvalue weighted by Gasteiger charge is -2.29. The quantitative estimate of drug-likeness (QED) is 0.113. The van der Waals surface area contributed by atoms with Crippen LogP contribution < -0.4 is 29.7 Å². The van der Waals surface area contributed by atoms with Crippen molar-refractivity contribution in [3.63, 3.8) is 0 Å². The van der Waals surface area contributed by atoms with Crippen LogP contribution in [0.1, 0.15) is 119 Å². The van der Waals surface area contributed by atoms with Crippen molar-refractivity contribution >= 4 is 29.6 Å². The molecule has 4 aromatic carbocycles. The zero-order valence-corrected chi connectivity index (χ0v) is 35.1. The van der Waals surface area contributed by atoms with Gasteiger partial charge in [0.25, 0.3) is 17.7 Å². The van der Waals surface area contributed by atoms with E-state index in [0.717, 1.165) is 62.5 Å². The average Bonchev–Trinajstić information content (AvgIpc) is 4.12. The molecule has 0 spiro atoms. The summed E-state index contributed by atoms with van der Waals surface area (Å²) >= 11 is 0. The molecule has 2 aliphatic heterocycles. The lowest BCUT2D eigenvalue weighted by Crippen LogP contribution is -2.39. The van der Waals surface area contributed by atoms with E-state index in [1.54, 1.807) is 66.5 Å². The summed E-state index contributed by atoms with van der Waals surface area (Å²) in [4.78, 5) is 76.0. The van der Waals surface area contributed by atoms with Gasteiger partial charge in [-0.25, -0.2) is 4.79 Å². The fourth-order valence-corrected chi connectivity index (χ4v) is 9.02. The van der Waals surface area contributed by atoms with E-state index in [0.29, 0.717) is 51.8 Å². The Hall–Kier alpha value is -6.57. The van der Waals surface area contributed by atoms with Crippen LogP contribution in [0.5, 0.6) is 23.0 Å². The standard InChI is InChI=1S/C48H52N4O10/c1-58-40-21-19-30(23-42(40)60-34-13-5-6-14-34)38(51-28-32-11-3-9-17-36(32)47(51)56)25-44(53)49-27-46(55)62-50-45(54)26-39(52-29-33-12-4-10-18-37(33)48(52)57)31-20-22-41(59-2)43(24-31)61-35-15-7-8-16-35/h3-4,9-12,17-24,34-35,38-39H,5-8,13-16,25-29H2,1-2H3,(H,49,53)(H,50,54). The maximum absolute atomic E-state index is 13.7. The van der Waals surface area contributed by atoms with Crippen LogP contribution in [0, 0.1) is 0 Å². The van der Waals surface area contributed by atoms with Crippen molar-refractivity contribution in [1.29, 1.82) is 0 Å². The maximum atomic E-state index is 13.7. The van der Waals surface area contributed by atoms with Gasteiger partial charge >= 0.3 is 5.97 Å². The van der Waals surface area contributed by atoms with Gasteiger partial charge in [-0.2, -0.15) is 5.48 Å². The predicted molar refractivity (Wildman–Crippen MR) is 226 cm³/mol. The summed E-state index contributed by atoms with van der Waals surface area (Å²) in [5.74, 6) is -0.361. The first kappa shape index (κ1) is 42.1. The van der Waals surface area contributed by atoms with Gasteiger partial charge in [0.2, 0.25) is 5.91 Å². The van der Waals surface area contributed by atoms with Crippen molar-refractivity contribution in [3.05, 3.63) is 118 Å². The molecule has 14 heteroatoms. The topological polar surface area (TPSA) is 162 Å². The van der Waals surface area contributed by atoms with E-state index in [9.17, 15) is 24.0 Å². The van der Waals surface area contributed by atoms with Gasteiger partial charge in [0.05, 0.1) is 51.4 Å². The molecule has 4 aromatic rings. The average molecular weight is 845 g/mol. The lowest BCUT2D eigenvalue weighted by molar-refractivity contribution is -0.158. The summed E-state index contributed by atoms with van der Waals surface area (Å²) in [5, 5.41) is 2.60. The van der Waals surface area contributed by atoms with E-state index in [1.807, 2.05) is 42.5 Å². The molecule has 0 saturated heterocycles. The SMILES string of the molecule is COc1ccc(C(CC(=O)NCC(=O)ONC(=O)CC(c2ccc(OC)c(OC3CCCC3)c2)N2Cc3ccccc3C2=O)N2Cc3ccccc3C2=O)cc1OC1CCCC1. The van der Waals surface area contributed by atoms with Crippen molar-refractivity contribution < 1.29 is 47.8 Å². The van der Waals surface area contributed by atoms with E-state index >= 15 is 0 Å². The van der Waals surface area contributed by atoms with E-state index in [-0.39, 0.29) is 43.4 Å². The third kappa shape index (κ3) is 9.34. The third-order valence-corrected chi connectivity index (χ3v) is 12.3. The number of hydrogen-bond donors (Lipinski definition) is 2. The summed E-state index contributed by atoms with van der Waals surface area (Å²) in [5.41, 5.74) is 6.36. The molecule has 4 amide bonds. The van der Waals surface area contributed by atoms with Gasteiger partial charge in [-0.3, -0.25) is 19.2 Å². The van der Waals surface area contributed by atoms with E-state index in [2.05, 4.69) is 10.8 Å². The van der Waals surface area contributed by atoms with Gasteiger partial charge in [-0.15, -0.1) is 0 Å². The number of methoxy groups -OCH3 is 2. The van der Waals surface area contributed by atoms with Gasteiger partial charge < -0.3 is 38.9 Å². The largest absolute Gasteiger partial charge is 0.493 e. The first-order valence-electron chi connectivity index (χ1n) is 21.4. The lowest BCUT2D eigenvalue weighted by atomic mass is 10.0. The van der Waals surface area contributed by atoms with Crippen LogP contribution in [0.3, 0.4) is 0 Å². The van der Waals surface area contributed by atoms with E-state index < -0.39 is 36.4 Å². The number of amides is 4. The number of nitrogens with one attached hydrogen (secondary N) is 2. The van der Waals surface area contributed by atoms with Gasteiger partial charge in [0.15, 0.2) is 23.0 Å². The molecule has 4 aliphatic rings. The Morgan fingerprint density at radius 2 is 1.06 bits per heavy atom. The highest BCUT2D eigenvalue weighted by Gasteiger charge is 2.37. The van der Waals surface area contributed by atoms with Gasteiger partial charge in [-0.1, -0.05) is 48.5 Å². The maximum Gasteiger partial charge on any atom is 0.351 e. The highest BCUT2D eigenvalue weighted by molar-refractivity contribution is 5.99. The second-order valence-electron chi connectivity index (χ2n) is 16.3. The van der Waals surface area contributed by atoms with Crippen molar-refractivity contribution in [3.8, 4) is 23.0 Å². The van der Waals surface area contributed by atoms with Crippen LogP contribution in [0.25, 0.3) is 0 Å². The minimum atomic E-state index is -0.914. The molecular formula is C48H52N4O10. The Balaban J connectivity index is 0.927. The van der Waals surface area contributed by atoms with Crippen LogP contribution in [0.4, 0.5) is 0 Å². The fraction of sp³-hybridized carbons (Fsp3) is 0.396. The first-order chi connectivity index (χ1) is 30.2. The monoisotopic (exact) mass is 844 g/mol. The third-order valence-electron chi connectivity index (χ3n) is 12.3. The van der Waals surface area contributed by atoms with Crippen LogP contribution in [-0.2, 0) is 32.3 Å². The molecule has 2 saturated carbocycles. The smallest absolute Gasteiger partial charge is 0.351 e. The van der Waals surface area contributed by atoms with Gasteiger partial charge in [-0.05, 0) is 110 Å². The molecule has 0 radical (unpaired) electrons. The number of hydroxylamine groups is 1. The molecule has 2 heterocycles. The minimum absolute atomic E-state index is 0.0420. The van der Waals surface area contributed by atoms with Gasteiger partial charge in [0.1, 0.15) is 6.54 Å². The first-order valence-corrected chi connectivity index (χ1v) is 21.4.